The van der Waals surface area contributed by atoms with Gasteiger partial charge in [-0.1, -0.05) is 11.6 Å². The van der Waals surface area contributed by atoms with Gasteiger partial charge < -0.3 is 4.90 Å². The average molecular weight is 391 g/mol. The highest BCUT2D eigenvalue weighted by molar-refractivity contribution is 9.11. The Hall–Kier alpha value is -1.51. The first-order chi connectivity index (χ1) is 9.88. The van der Waals surface area contributed by atoms with E-state index in [1.54, 1.807) is 7.05 Å². The molecule has 0 aromatic carbocycles. The van der Waals surface area contributed by atoms with Crippen molar-refractivity contribution in [1.29, 1.82) is 0 Å². The number of amides is 1. The van der Waals surface area contributed by atoms with Crippen LogP contribution in [-0.2, 0) is 6.54 Å². The molecule has 0 fully saturated rings. The maximum atomic E-state index is 12.3. The van der Waals surface area contributed by atoms with E-state index in [0.717, 1.165) is 21.6 Å². The third-order valence-corrected chi connectivity index (χ3v) is 4.51. The quantitative estimate of drug-likeness (QED) is 0.453. The van der Waals surface area contributed by atoms with Gasteiger partial charge in [0.1, 0.15) is 11.3 Å². The van der Waals surface area contributed by atoms with Crippen molar-refractivity contribution in [3.05, 3.63) is 53.9 Å². The van der Waals surface area contributed by atoms with Gasteiger partial charge in [0.05, 0.1) is 14.3 Å². The molecule has 0 saturated heterocycles. The number of rotatable bonds is 4. The predicted octanol–water partition coefficient (Wildman–Crippen LogP) is 3.74. The monoisotopic (exact) mass is 389 g/mol. The number of nitrogens with zero attached hydrogens (tertiary/aromatic N) is 3. The molecule has 110 valence electrons. The van der Waals surface area contributed by atoms with Gasteiger partial charge in [0, 0.05) is 19.7 Å². The highest BCUT2D eigenvalue weighted by Gasteiger charge is 2.20. The van der Waals surface area contributed by atoms with Gasteiger partial charge in [-0.05, 0) is 32.9 Å². The highest BCUT2D eigenvalue weighted by atomic mass is 79.9. The molecule has 0 saturated carbocycles. The van der Waals surface area contributed by atoms with Crippen molar-refractivity contribution in [3.63, 3.8) is 0 Å². The molecule has 1 amide bonds. The van der Waals surface area contributed by atoms with Gasteiger partial charge in [-0.3, -0.25) is 14.9 Å². The second-order valence-corrected chi connectivity index (χ2v) is 6.86. The number of carbonyl (C=O) groups is 1. The number of pyridine rings is 1. The highest BCUT2D eigenvalue weighted by Crippen LogP contribution is 2.24. The van der Waals surface area contributed by atoms with E-state index in [9.17, 15) is 14.9 Å². The van der Waals surface area contributed by atoms with Crippen LogP contribution in [0.2, 0.25) is 5.15 Å². The predicted molar refractivity (Wildman–Crippen MR) is 83.7 cm³/mol. The normalized spacial score (nSPS) is 10.4. The Balaban J connectivity index is 2.22. The van der Waals surface area contributed by atoms with Crippen molar-refractivity contribution in [2.45, 2.75) is 6.54 Å². The Labute approximate surface area is 137 Å². The molecule has 21 heavy (non-hydrogen) atoms. The molecule has 0 aliphatic carbocycles. The maximum Gasteiger partial charge on any atom is 0.288 e. The van der Waals surface area contributed by atoms with E-state index in [0.29, 0.717) is 6.54 Å². The van der Waals surface area contributed by atoms with Crippen molar-refractivity contribution in [2.75, 3.05) is 7.05 Å². The van der Waals surface area contributed by atoms with Gasteiger partial charge in [-0.25, -0.2) is 4.98 Å². The molecule has 0 aliphatic rings. The van der Waals surface area contributed by atoms with Gasteiger partial charge in [0.15, 0.2) is 0 Å². The van der Waals surface area contributed by atoms with Crippen LogP contribution in [0, 0.1) is 10.1 Å². The zero-order chi connectivity index (χ0) is 15.6. The van der Waals surface area contributed by atoms with Crippen molar-refractivity contribution in [3.8, 4) is 0 Å². The third-order valence-electron chi connectivity index (χ3n) is 2.65. The van der Waals surface area contributed by atoms with Gasteiger partial charge in [0.2, 0.25) is 0 Å². The molecule has 0 spiro atoms. The van der Waals surface area contributed by atoms with Crippen molar-refractivity contribution in [2.24, 2.45) is 0 Å². The first-order valence-electron chi connectivity index (χ1n) is 5.67. The fraction of sp³-hybridized carbons (Fsp3) is 0.167. The number of aromatic nitrogens is 1. The zero-order valence-electron chi connectivity index (χ0n) is 10.7. The first-order valence-corrected chi connectivity index (χ1v) is 7.72. The lowest BCUT2D eigenvalue weighted by Crippen LogP contribution is -2.26. The number of hydrogen-bond acceptors (Lipinski definition) is 5. The van der Waals surface area contributed by atoms with Crippen molar-refractivity contribution in [1.82, 2.24) is 9.88 Å². The number of halogens is 2. The van der Waals surface area contributed by atoms with Crippen LogP contribution >= 0.6 is 38.9 Å². The summed E-state index contributed by atoms with van der Waals surface area (Å²) in [4.78, 5) is 27.6. The topological polar surface area (TPSA) is 76.3 Å². The van der Waals surface area contributed by atoms with Crippen molar-refractivity contribution < 1.29 is 9.72 Å². The average Bonchev–Trinajstić information content (AvgIpc) is 2.83. The minimum Gasteiger partial charge on any atom is -0.337 e. The summed E-state index contributed by atoms with van der Waals surface area (Å²) in [5.41, 5.74) is 0.703. The van der Waals surface area contributed by atoms with Crippen molar-refractivity contribution >= 4 is 50.5 Å². The molecule has 0 bridgehead atoms. The lowest BCUT2D eigenvalue weighted by molar-refractivity contribution is -0.385. The lowest BCUT2D eigenvalue weighted by atomic mass is 10.2. The second-order valence-electron chi connectivity index (χ2n) is 4.21. The summed E-state index contributed by atoms with van der Waals surface area (Å²) in [6.45, 7) is 0.375. The van der Waals surface area contributed by atoms with Gasteiger partial charge in [0.25, 0.3) is 11.6 Å². The molecule has 0 aliphatic heterocycles. The number of carbonyl (C=O) groups excluding carboxylic acids is 1. The van der Waals surface area contributed by atoms with Crippen LogP contribution in [0.1, 0.15) is 15.9 Å². The Morgan fingerprint density at radius 2 is 2.29 bits per heavy atom. The molecule has 2 aromatic heterocycles. The Morgan fingerprint density at radius 1 is 1.57 bits per heavy atom. The summed E-state index contributed by atoms with van der Waals surface area (Å²) < 4.78 is 0.966. The Bertz CT molecular complexity index is 707. The van der Waals surface area contributed by atoms with Crippen LogP contribution in [0.15, 0.2) is 27.5 Å². The SMILES string of the molecule is CN(Cc1csc(Br)c1)C(=O)c1cc([N+](=O)[O-])cnc1Cl. The van der Waals surface area contributed by atoms with E-state index in [2.05, 4.69) is 20.9 Å². The number of thiophene rings is 1. The van der Waals surface area contributed by atoms with E-state index < -0.39 is 10.8 Å². The second kappa shape index (κ2) is 6.50. The summed E-state index contributed by atoms with van der Waals surface area (Å²) in [6.07, 6.45) is 1.02. The van der Waals surface area contributed by atoms with Crippen LogP contribution in [0.3, 0.4) is 0 Å². The zero-order valence-corrected chi connectivity index (χ0v) is 13.9. The molecule has 2 aromatic rings. The van der Waals surface area contributed by atoms with Gasteiger partial charge >= 0.3 is 0 Å². The smallest absolute Gasteiger partial charge is 0.288 e. The Kier molecular flexibility index (Phi) is 4.92. The molecule has 0 N–H and O–H groups in total. The Morgan fingerprint density at radius 3 is 2.86 bits per heavy atom. The fourth-order valence-corrected chi connectivity index (χ4v) is 3.05. The van der Waals surface area contributed by atoms with E-state index in [1.807, 2.05) is 11.4 Å². The third kappa shape index (κ3) is 3.78. The molecular weight excluding hydrogens is 382 g/mol. The summed E-state index contributed by atoms with van der Waals surface area (Å²) in [7, 11) is 1.60. The minimum absolute atomic E-state index is 0.0164. The lowest BCUT2D eigenvalue weighted by Gasteiger charge is -2.16. The van der Waals surface area contributed by atoms with E-state index in [-0.39, 0.29) is 16.4 Å². The van der Waals surface area contributed by atoms with Gasteiger partial charge in [-0.2, -0.15) is 0 Å². The standard InChI is InChI=1S/C12H9BrClN3O3S/c1-16(5-7-2-10(13)21-6-7)12(18)9-3-8(17(19)20)4-15-11(9)14/h2-4,6H,5H2,1H3. The van der Waals surface area contributed by atoms with E-state index in [4.69, 9.17) is 11.6 Å². The molecule has 9 heteroatoms. The molecule has 2 rings (SSSR count). The molecular formula is C12H9BrClN3O3S. The molecule has 0 radical (unpaired) electrons. The largest absolute Gasteiger partial charge is 0.337 e. The van der Waals surface area contributed by atoms with E-state index in [1.165, 1.54) is 16.2 Å². The molecule has 2 heterocycles. The number of hydrogen-bond donors (Lipinski definition) is 0. The minimum atomic E-state index is -0.615. The van der Waals surface area contributed by atoms with Crippen LogP contribution < -0.4 is 0 Å². The summed E-state index contributed by atoms with van der Waals surface area (Å²) in [6, 6.07) is 3.04. The van der Waals surface area contributed by atoms with Gasteiger partial charge in [-0.15, -0.1) is 11.3 Å². The summed E-state index contributed by atoms with van der Waals surface area (Å²) >= 11 is 10.7. The number of nitro groups is 1. The molecule has 0 unspecified atom stereocenters. The molecule has 0 atom stereocenters. The maximum absolute atomic E-state index is 12.3. The van der Waals surface area contributed by atoms with Crippen LogP contribution in [0.5, 0.6) is 0 Å². The fourth-order valence-electron chi connectivity index (χ4n) is 1.67. The summed E-state index contributed by atoms with van der Waals surface area (Å²) in [5, 5.41) is 12.6. The molecule has 6 nitrogen and oxygen atoms in total. The van der Waals surface area contributed by atoms with Crippen LogP contribution in [0.4, 0.5) is 5.69 Å². The van der Waals surface area contributed by atoms with Crippen LogP contribution in [0.25, 0.3) is 0 Å². The van der Waals surface area contributed by atoms with E-state index >= 15 is 0 Å². The van der Waals surface area contributed by atoms with Crippen LogP contribution in [-0.4, -0.2) is 27.8 Å². The first kappa shape index (κ1) is 15.9. The summed E-state index contributed by atoms with van der Waals surface area (Å²) in [5.74, 6) is -0.418.